The molecule has 1 atom stereocenters. The molecule has 7 heteroatoms. The van der Waals surface area contributed by atoms with E-state index >= 15 is 0 Å². The average molecular weight is 376 g/mol. The first-order valence-electron chi connectivity index (χ1n) is 8.37. The van der Waals surface area contributed by atoms with Crippen LogP contribution in [0, 0.1) is 5.82 Å². The molecule has 1 fully saturated rings. The third-order valence-electron chi connectivity index (χ3n) is 4.22. The minimum absolute atomic E-state index is 0.0796. The van der Waals surface area contributed by atoms with Crippen LogP contribution in [0.4, 0.5) is 21.5 Å². The molecule has 3 rings (SSSR count). The zero-order valence-electron chi connectivity index (χ0n) is 14.3. The zero-order chi connectivity index (χ0) is 18.7. The zero-order valence-corrected chi connectivity index (χ0v) is 15.0. The minimum atomic E-state index is -0.585. The first-order valence-corrected chi connectivity index (χ1v) is 8.75. The predicted molar refractivity (Wildman–Crippen MR) is 101 cm³/mol. The lowest BCUT2D eigenvalue weighted by molar-refractivity contribution is -0.117. The molecule has 0 saturated carbocycles. The Morgan fingerprint density at radius 2 is 1.96 bits per heavy atom. The second kappa shape index (κ2) is 7.74. The third-order valence-corrected chi connectivity index (χ3v) is 4.45. The van der Waals surface area contributed by atoms with Gasteiger partial charge in [0, 0.05) is 29.4 Å². The van der Waals surface area contributed by atoms with Crippen molar-refractivity contribution in [3.05, 3.63) is 53.3 Å². The Bertz CT molecular complexity index is 826. The average Bonchev–Trinajstić information content (AvgIpc) is 3.04. The van der Waals surface area contributed by atoms with Gasteiger partial charge in [-0.25, -0.2) is 4.39 Å². The van der Waals surface area contributed by atoms with Crippen LogP contribution in [-0.2, 0) is 9.59 Å². The van der Waals surface area contributed by atoms with Crippen LogP contribution in [0.25, 0.3) is 0 Å². The molecule has 2 N–H and O–H groups in total. The maximum absolute atomic E-state index is 13.8. The number of carbonyl (C=O) groups excluding carboxylic acids is 2. The van der Waals surface area contributed by atoms with Crippen LogP contribution in [0.5, 0.6) is 0 Å². The summed E-state index contributed by atoms with van der Waals surface area (Å²) in [6, 6.07) is 10.8. The summed E-state index contributed by atoms with van der Waals surface area (Å²) < 4.78 is 13.8. The van der Waals surface area contributed by atoms with Crippen LogP contribution in [0.3, 0.4) is 0 Å². The van der Waals surface area contributed by atoms with Crippen LogP contribution in [0.1, 0.15) is 19.8 Å². The molecular formula is C19H19ClFN3O2. The minimum Gasteiger partial charge on any atom is -0.374 e. The number of carbonyl (C=O) groups is 2. The Labute approximate surface area is 156 Å². The van der Waals surface area contributed by atoms with Crippen LogP contribution in [-0.4, -0.2) is 24.4 Å². The molecule has 2 amide bonds. The molecular weight excluding hydrogens is 357 g/mol. The number of halogens is 2. The van der Waals surface area contributed by atoms with E-state index in [1.54, 1.807) is 11.8 Å². The highest BCUT2D eigenvalue weighted by Crippen LogP contribution is 2.23. The van der Waals surface area contributed by atoms with Crippen molar-refractivity contribution in [1.82, 2.24) is 0 Å². The topological polar surface area (TPSA) is 61.4 Å². The fraction of sp³-hybridized carbons (Fsp3) is 0.263. The highest BCUT2D eigenvalue weighted by molar-refractivity contribution is 6.30. The first kappa shape index (κ1) is 18.2. The van der Waals surface area contributed by atoms with Crippen molar-refractivity contribution in [3.63, 3.8) is 0 Å². The van der Waals surface area contributed by atoms with Crippen LogP contribution < -0.4 is 15.5 Å². The van der Waals surface area contributed by atoms with Crippen molar-refractivity contribution in [2.45, 2.75) is 25.8 Å². The lowest BCUT2D eigenvalue weighted by Gasteiger charge is -2.18. The molecule has 0 aliphatic carbocycles. The van der Waals surface area contributed by atoms with E-state index < -0.39 is 11.9 Å². The van der Waals surface area contributed by atoms with Gasteiger partial charge in [-0.1, -0.05) is 11.6 Å². The number of nitrogens with one attached hydrogen (secondary N) is 2. The van der Waals surface area contributed by atoms with Crippen molar-refractivity contribution < 1.29 is 14.0 Å². The van der Waals surface area contributed by atoms with Gasteiger partial charge in [0.25, 0.3) is 0 Å². The van der Waals surface area contributed by atoms with Gasteiger partial charge < -0.3 is 15.5 Å². The number of amides is 2. The Kier molecular flexibility index (Phi) is 5.42. The molecule has 136 valence electrons. The van der Waals surface area contributed by atoms with Crippen LogP contribution in [0.15, 0.2) is 42.5 Å². The van der Waals surface area contributed by atoms with Crippen molar-refractivity contribution >= 4 is 40.5 Å². The first-order chi connectivity index (χ1) is 12.4. The summed E-state index contributed by atoms with van der Waals surface area (Å²) in [5, 5.41) is 5.86. The molecule has 1 heterocycles. The summed E-state index contributed by atoms with van der Waals surface area (Å²) >= 11 is 5.70. The summed E-state index contributed by atoms with van der Waals surface area (Å²) in [7, 11) is 0. The molecule has 2 aromatic carbocycles. The summed E-state index contributed by atoms with van der Waals surface area (Å²) in [6.07, 6.45) is 1.45. The van der Waals surface area contributed by atoms with Crippen molar-refractivity contribution in [3.8, 4) is 0 Å². The number of hydrogen-bond acceptors (Lipinski definition) is 3. The molecule has 1 saturated heterocycles. The maximum Gasteiger partial charge on any atom is 0.246 e. The number of hydrogen-bond donors (Lipinski definition) is 2. The van der Waals surface area contributed by atoms with Crippen LogP contribution in [0.2, 0.25) is 5.02 Å². The number of rotatable bonds is 5. The van der Waals surface area contributed by atoms with Gasteiger partial charge in [-0.05, 0) is 55.8 Å². The van der Waals surface area contributed by atoms with Crippen molar-refractivity contribution in [1.29, 1.82) is 0 Å². The second-order valence-electron chi connectivity index (χ2n) is 6.18. The van der Waals surface area contributed by atoms with Gasteiger partial charge in [-0.15, -0.1) is 0 Å². The molecule has 0 spiro atoms. The Balaban J connectivity index is 1.61. The predicted octanol–water partition coefficient (Wildman–Crippen LogP) is 4.05. The number of benzene rings is 2. The highest BCUT2D eigenvalue weighted by Gasteiger charge is 2.21. The maximum atomic E-state index is 13.8. The summed E-state index contributed by atoms with van der Waals surface area (Å²) in [5.41, 5.74) is 1.66. The van der Waals surface area contributed by atoms with E-state index in [9.17, 15) is 14.0 Å². The van der Waals surface area contributed by atoms with E-state index in [4.69, 9.17) is 11.6 Å². The molecule has 0 unspecified atom stereocenters. The fourth-order valence-electron chi connectivity index (χ4n) is 2.81. The van der Waals surface area contributed by atoms with E-state index in [1.165, 1.54) is 12.1 Å². The highest BCUT2D eigenvalue weighted by atomic mass is 35.5. The van der Waals surface area contributed by atoms with Gasteiger partial charge >= 0.3 is 0 Å². The van der Waals surface area contributed by atoms with Gasteiger partial charge in [0.15, 0.2) is 0 Å². The van der Waals surface area contributed by atoms with Gasteiger partial charge in [0.05, 0.1) is 5.69 Å². The molecule has 0 bridgehead atoms. The summed E-state index contributed by atoms with van der Waals surface area (Å²) in [6.45, 7) is 2.41. The lowest BCUT2D eigenvalue weighted by Crippen LogP contribution is -2.32. The van der Waals surface area contributed by atoms with E-state index in [2.05, 4.69) is 10.6 Å². The molecule has 0 aromatic heterocycles. The standard InChI is InChI=1S/C19H19ClFN3O2/c1-12(19(26)23-17-9-4-13(20)11-16(17)21)22-14-5-7-15(8-6-14)24-10-2-3-18(24)25/h4-9,11-12,22H,2-3,10H2,1H3,(H,23,26)/t12-/m1/s1. The Morgan fingerprint density at radius 3 is 2.58 bits per heavy atom. The largest absolute Gasteiger partial charge is 0.374 e. The van der Waals surface area contributed by atoms with Gasteiger partial charge in [-0.2, -0.15) is 0 Å². The van der Waals surface area contributed by atoms with E-state index in [-0.39, 0.29) is 22.5 Å². The SMILES string of the molecule is C[C@@H](Nc1ccc(N2CCCC2=O)cc1)C(=O)Nc1ccc(Cl)cc1F. The molecule has 1 aliphatic heterocycles. The van der Waals surface area contributed by atoms with Crippen LogP contribution >= 0.6 is 11.6 Å². The monoisotopic (exact) mass is 375 g/mol. The van der Waals surface area contributed by atoms with Gasteiger partial charge in [0.2, 0.25) is 11.8 Å². The smallest absolute Gasteiger partial charge is 0.246 e. The second-order valence-corrected chi connectivity index (χ2v) is 6.61. The van der Waals surface area contributed by atoms with E-state index in [0.717, 1.165) is 30.4 Å². The lowest BCUT2D eigenvalue weighted by atomic mass is 10.2. The Morgan fingerprint density at radius 1 is 1.23 bits per heavy atom. The molecule has 26 heavy (non-hydrogen) atoms. The van der Waals surface area contributed by atoms with Gasteiger partial charge in [-0.3, -0.25) is 9.59 Å². The summed E-state index contributed by atoms with van der Waals surface area (Å²) in [5.74, 6) is -0.828. The number of anilines is 3. The van der Waals surface area contributed by atoms with Crippen molar-refractivity contribution in [2.75, 3.05) is 22.1 Å². The normalized spacial score (nSPS) is 15.0. The quantitative estimate of drug-likeness (QED) is 0.828. The van der Waals surface area contributed by atoms with E-state index in [0.29, 0.717) is 6.42 Å². The number of nitrogens with zero attached hydrogens (tertiary/aromatic N) is 1. The molecule has 5 nitrogen and oxygen atoms in total. The fourth-order valence-corrected chi connectivity index (χ4v) is 2.96. The van der Waals surface area contributed by atoms with Gasteiger partial charge in [0.1, 0.15) is 11.9 Å². The molecule has 1 aliphatic rings. The van der Waals surface area contributed by atoms with E-state index in [1.807, 2.05) is 24.3 Å². The Hall–Kier alpha value is -2.60. The van der Waals surface area contributed by atoms with Crippen molar-refractivity contribution in [2.24, 2.45) is 0 Å². The molecule has 2 aromatic rings. The molecule has 0 radical (unpaired) electrons. The summed E-state index contributed by atoms with van der Waals surface area (Å²) in [4.78, 5) is 25.8. The third kappa shape index (κ3) is 4.14.